The number of hydrogen-bond acceptors (Lipinski definition) is 5. The topological polar surface area (TPSA) is 92.4 Å². The van der Waals surface area contributed by atoms with Gasteiger partial charge in [-0.25, -0.2) is 9.78 Å². The van der Waals surface area contributed by atoms with Crippen molar-refractivity contribution in [1.29, 1.82) is 0 Å². The Hall–Kier alpha value is -3.65. The van der Waals surface area contributed by atoms with Crippen molar-refractivity contribution in [2.24, 2.45) is 0 Å². The second-order valence-corrected chi connectivity index (χ2v) is 7.70. The molecule has 0 bridgehead atoms. The number of ether oxygens (including phenoxy) is 1. The van der Waals surface area contributed by atoms with Gasteiger partial charge in [-0.2, -0.15) is 0 Å². The lowest BCUT2D eigenvalue weighted by Crippen LogP contribution is -2.28. The molecular weight excluding hydrogens is 412 g/mol. The van der Waals surface area contributed by atoms with Crippen molar-refractivity contribution < 1.29 is 14.3 Å². The first-order chi connectivity index (χ1) is 15.0. The number of carbonyl (C=O) groups excluding carboxylic acids is 2. The molecular formula is C23H24N4O3S. The van der Waals surface area contributed by atoms with E-state index < -0.39 is 0 Å². The van der Waals surface area contributed by atoms with Crippen LogP contribution in [0.4, 0.5) is 16.2 Å². The number of urea groups is 1. The van der Waals surface area contributed by atoms with E-state index in [1.54, 1.807) is 30.3 Å². The minimum Gasteiger partial charge on any atom is -0.486 e. The van der Waals surface area contributed by atoms with Crippen LogP contribution in [0.2, 0.25) is 0 Å². The normalized spacial score (nSPS) is 10.2. The van der Waals surface area contributed by atoms with Gasteiger partial charge in [0.1, 0.15) is 17.4 Å². The summed E-state index contributed by atoms with van der Waals surface area (Å²) in [5.41, 5.74) is 3.13. The summed E-state index contributed by atoms with van der Waals surface area (Å²) >= 11 is 1.46. The minimum absolute atomic E-state index is 0.166. The molecule has 7 nitrogen and oxygen atoms in total. The molecule has 0 saturated heterocycles. The van der Waals surface area contributed by atoms with Crippen LogP contribution in [0, 0.1) is 6.92 Å². The minimum atomic E-state index is -0.317. The number of nitrogens with zero attached hydrogens (tertiary/aromatic N) is 1. The molecule has 0 fully saturated rings. The first-order valence-corrected chi connectivity index (χ1v) is 10.6. The van der Waals surface area contributed by atoms with Crippen LogP contribution < -0.4 is 20.7 Å². The second-order valence-electron chi connectivity index (χ2n) is 6.76. The smallest absolute Gasteiger partial charge is 0.319 e. The Labute approximate surface area is 185 Å². The van der Waals surface area contributed by atoms with E-state index in [1.165, 1.54) is 16.9 Å². The fraction of sp³-hybridized carbons (Fsp3) is 0.174. The van der Waals surface area contributed by atoms with Gasteiger partial charge in [0.05, 0.1) is 12.1 Å². The van der Waals surface area contributed by atoms with E-state index in [9.17, 15) is 9.59 Å². The molecule has 0 saturated carbocycles. The molecule has 0 atom stereocenters. The zero-order chi connectivity index (χ0) is 22.1. The van der Waals surface area contributed by atoms with E-state index in [4.69, 9.17) is 4.74 Å². The fourth-order valence-electron chi connectivity index (χ4n) is 2.62. The molecule has 3 rings (SSSR count). The van der Waals surface area contributed by atoms with Gasteiger partial charge in [-0.05, 0) is 43.3 Å². The zero-order valence-electron chi connectivity index (χ0n) is 17.2. The Morgan fingerprint density at radius 2 is 1.74 bits per heavy atom. The molecule has 0 unspecified atom stereocenters. The predicted octanol–water partition coefficient (Wildman–Crippen LogP) is 4.52. The molecule has 0 aliphatic carbocycles. The largest absolute Gasteiger partial charge is 0.486 e. The number of thiazole rings is 1. The van der Waals surface area contributed by atoms with Crippen molar-refractivity contribution in [3.8, 4) is 5.75 Å². The summed E-state index contributed by atoms with van der Waals surface area (Å²) < 4.78 is 5.73. The molecule has 0 radical (unpaired) electrons. The van der Waals surface area contributed by atoms with Crippen molar-refractivity contribution in [1.82, 2.24) is 10.3 Å². The van der Waals surface area contributed by atoms with E-state index in [0.29, 0.717) is 30.2 Å². The van der Waals surface area contributed by atoms with Crippen molar-refractivity contribution >= 4 is 34.6 Å². The van der Waals surface area contributed by atoms with Crippen LogP contribution in [-0.4, -0.2) is 23.5 Å². The van der Waals surface area contributed by atoms with E-state index in [-0.39, 0.29) is 18.4 Å². The monoisotopic (exact) mass is 436 g/mol. The Morgan fingerprint density at radius 1 is 1.06 bits per heavy atom. The van der Waals surface area contributed by atoms with E-state index in [0.717, 1.165) is 10.8 Å². The standard InChI is InChI=1S/C23H24N4O3S/c1-3-12-24-23(29)27-18-8-6-17(7-9-18)25-21(28)13-19-15-31-22(26-19)14-30-20-10-4-16(2)5-11-20/h3-11,15H,1,12-14H2,2H3,(H,25,28)(H2,24,27,29). The summed E-state index contributed by atoms with van der Waals surface area (Å²) in [5, 5.41) is 10.8. The van der Waals surface area contributed by atoms with Gasteiger partial charge in [-0.3, -0.25) is 4.79 Å². The van der Waals surface area contributed by atoms with Gasteiger partial charge in [0.2, 0.25) is 5.91 Å². The summed E-state index contributed by atoms with van der Waals surface area (Å²) in [6, 6.07) is 14.4. The third-order valence-electron chi connectivity index (χ3n) is 4.16. The molecule has 160 valence electrons. The lowest BCUT2D eigenvalue weighted by atomic mass is 10.2. The van der Waals surface area contributed by atoms with Crippen molar-refractivity contribution in [3.05, 3.63) is 82.8 Å². The first kappa shape index (κ1) is 22.0. The molecule has 0 spiro atoms. The van der Waals surface area contributed by atoms with Gasteiger partial charge in [0.25, 0.3) is 0 Å². The molecule has 1 heterocycles. The third kappa shape index (κ3) is 7.27. The number of anilines is 2. The number of rotatable bonds is 9. The fourth-order valence-corrected chi connectivity index (χ4v) is 3.33. The van der Waals surface area contributed by atoms with Crippen molar-refractivity contribution in [2.75, 3.05) is 17.2 Å². The summed E-state index contributed by atoms with van der Waals surface area (Å²) in [6.07, 6.45) is 1.77. The van der Waals surface area contributed by atoms with Crippen LogP contribution >= 0.6 is 11.3 Å². The van der Waals surface area contributed by atoms with Gasteiger partial charge in [0, 0.05) is 23.3 Å². The highest BCUT2D eigenvalue weighted by Gasteiger charge is 2.09. The Morgan fingerprint density at radius 3 is 2.42 bits per heavy atom. The molecule has 31 heavy (non-hydrogen) atoms. The maximum atomic E-state index is 12.3. The number of aryl methyl sites for hydroxylation is 1. The molecule has 3 N–H and O–H groups in total. The number of hydrogen-bond donors (Lipinski definition) is 3. The maximum absolute atomic E-state index is 12.3. The van der Waals surface area contributed by atoms with Crippen LogP contribution in [0.3, 0.4) is 0 Å². The Bertz CT molecular complexity index is 1030. The zero-order valence-corrected chi connectivity index (χ0v) is 18.0. The number of aromatic nitrogens is 1. The summed E-state index contributed by atoms with van der Waals surface area (Å²) in [5.74, 6) is 0.622. The van der Waals surface area contributed by atoms with Crippen LogP contribution in [0.25, 0.3) is 0 Å². The van der Waals surface area contributed by atoms with Crippen LogP contribution in [0.1, 0.15) is 16.3 Å². The molecule has 0 aliphatic rings. The highest BCUT2D eigenvalue weighted by atomic mass is 32.1. The van der Waals surface area contributed by atoms with Crippen molar-refractivity contribution in [3.63, 3.8) is 0 Å². The molecule has 1 aromatic heterocycles. The van der Waals surface area contributed by atoms with Gasteiger partial charge in [-0.15, -0.1) is 17.9 Å². The Balaban J connectivity index is 1.45. The third-order valence-corrected chi connectivity index (χ3v) is 5.03. The van der Waals surface area contributed by atoms with Crippen LogP contribution in [0.15, 0.2) is 66.6 Å². The summed E-state index contributed by atoms with van der Waals surface area (Å²) in [4.78, 5) is 28.4. The average Bonchev–Trinajstić information content (AvgIpc) is 3.20. The molecule has 2 aromatic carbocycles. The van der Waals surface area contributed by atoms with E-state index in [1.807, 2.05) is 36.6 Å². The molecule has 0 aliphatic heterocycles. The summed E-state index contributed by atoms with van der Waals surface area (Å²) in [7, 11) is 0. The van der Waals surface area contributed by atoms with Crippen LogP contribution in [-0.2, 0) is 17.8 Å². The lowest BCUT2D eigenvalue weighted by molar-refractivity contribution is -0.115. The van der Waals surface area contributed by atoms with Crippen LogP contribution in [0.5, 0.6) is 5.75 Å². The van der Waals surface area contributed by atoms with Gasteiger partial charge in [-0.1, -0.05) is 23.8 Å². The van der Waals surface area contributed by atoms with Crippen molar-refractivity contribution in [2.45, 2.75) is 20.0 Å². The van der Waals surface area contributed by atoms with E-state index >= 15 is 0 Å². The predicted molar refractivity (Wildman–Crippen MR) is 124 cm³/mol. The molecule has 8 heteroatoms. The van der Waals surface area contributed by atoms with Gasteiger partial charge in [0.15, 0.2) is 0 Å². The maximum Gasteiger partial charge on any atom is 0.319 e. The van der Waals surface area contributed by atoms with Gasteiger partial charge < -0.3 is 20.7 Å². The number of benzene rings is 2. The number of amides is 3. The highest BCUT2D eigenvalue weighted by molar-refractivity contribution is 7.09. The highest BCUT2D eigenvalue weighted by Crippen LogP contribution is 2.17. The quantitative estimate of drug-likeness (QED) is 0.430. The number of nitrogens with one attached hydrogen (secondary N) is 3. The van der Waals surface area contributed by atoms with E-state index in [2.05, 4.69) is 27.5 Å². The molecule has 3 amide bonds. The Kier molecular flexibility index (Phi) is 7.78. The van der Waals surface area contributed by atoms with Gasteiger partial charge >= 0.3 is 6.03 Å². The second kappa shape index (κ2) is 10.9. The lowest BCUT2D eigenvalue weighted by Gasteiger charge is -2.08. The average molecular weight is 437 g/mol. The SMILES string of the molecule is C=CCNC(=O)Nc1ccc(NC(=O)Cc2csc(COc3ccc(C)cc3)n2)cc1. The first-order valence-electron chi connectivity index (χ1n) is 9.70. The number of carbonyl (C=O) groups is 2. The summed E-state index contributed by atoms with van der Waals surface area (Å²) in [6.45, 7) is 6.32. The molecule has 3 aromatic rings.